The zero-order chi connectivity index (χ0) is 25.9. The standard InChI is InChI=1S/C26H31N7O3S/c1-17-14-32(15-23(34)31-7-9-36-10-8-31)24(17)21-12-22(33(30-21)26(35)20-6-11-37-16-20)29-13-18-2-4-19(5-3-18)25(27)28/h2-6,11-12,16-17,24,29H,7-10,13-15H2,1H3,(H3,27,28). The fourth-order valence-electron chi connectivity index (χ4n) is 4.86. The molecule has 3 aromatic rings. The first kappa shape index (κ1) is 25.1. The molecule has 11 heteroatoms. The van der Waals surface area contributed by atoms with Crippen molar-refractivity contribution in [2.24, 2.45) is 11.7 Å². The van der Waals surface area contributed by atoms with Crippen LogP contribution in [0, 0.1) is 11.3 Å². The molecule has 10 nitrogen and oxygen atoms in total. The van der Waals surface area contributed by atoms with Gasteiger partial charge in [-0.25, -0.2) is 0 Å². The van der Waals surface area contributed by atoms with Crippen molar-refractivity contribution < 1.29 is 14.3 Å². The molecule has 2 aliphatic heterocycles. The topological polar surface area (TPSA) is 130 Å². The molecule has 2 saturated heterocycles. The van der Waals surface area contributed by atoms with E-state index in [9.17, 15) is 9.59 Å². The fourth-order valence-corrected chi connectivity index (χ4v) is 5.49. The van der Waals surface area contributed by atoms with Crippen LogP contribution >= 0.6 is 11.3 Å². The summed E-state index contributed by atoms with van der Waals surface area (Å²) in [4.78, 5) is 30.1. The predicted molar refractivity (Wildman–Crippen MR) is 142 cm³/mol. The maximum atomic E-state index is 13.3. The van der Waals surface area contributed by atoms with Crippen molar-refractivity contribution in [2.75, 3.05) is 44.7 Å². The Morgan fingerprint density at radius 3 is 2.59 bits per heavy atom. The number of nitrogens with two attached hydrogens (primary N) is 1. The van der Waals surface area contributed by atoms with Crippen molar-refractivity contribution in [1.29, 1.82) is 5.41 Å². The summed E-state index contributed by atoms with van der Waals surface area (Å²) in [5.74, 6) is 0.825. The number of ether oxygens (including phenoxy) is 1. The van der Waals surface area contributed by atoms with E-state index in [1.54, 1.807) is 18.2 Å². The van der Waals surface area contributed by atoms with Crippen LogP contribution < -0.4 is 11.1 Å². The van der Waals surface area contributed by atoms with Crippen LogP contribution in [0.25, 0.3) is 0 Å². The van der Waals surface area contributed by atoms with Gasteiger partial charge in [0.1, 0.15) is 11.7 Å². The van der Waals surface area contributed by atoms with Crippen LogP contribution in [0.1, 0.15) is 40.1 Å². The minimum Gasteiger partial charge on any atom is -0.384 e. The number of carbonyl (C=O) groups excluding carboxylic acids is 2. The molecule has 4 N–H and O–H groups in total. The smallest absolute Gasteiger partial charge is 0.280 e. The highest BCUT2D eigenvalue weighted by molar-refractivity contribution is 7.08. The van der Waals surface area contributed by atoms with E-state index >= 15 is 0 Å². The van der Waals surface area contributed by atoms with Crippen LogP contribution in [0.3, 0.4) is 0 Å². The van der Waals surface area contributed by atoms with E-state index in [0.29, 0.717) is 62.3 Å². The minimum atomic E-state index is -0.204. The maximum Gasteiger partial charge on any atom is 0.280 e. The number of rotatable bonds is 8. The molecule has 0 spiro atoms. The molecule has 0 saturated carbocycles. The third-order valence-electron chi connectivity index (χ3n) is 6.89. The van der Waals surface area contributed by atoms with Crippen molar-refractivity contribution >= 4 is 34.8 Å². The van der Waals surface area contributed by atoms with Crippen molar-refractivity contribution in [1.82, 2.24) is 19.6 Å². The minimum absolute atomic E-state index is 0.0230. The molecule has 0 bridgehead atoms. The van der Waals surface area contributed by atoms with Crippen LogP contribution in [0.5, 0.6) is 0 Å². The first-order valence-electron chi connectivity index (χ1n) is 12.3. The van der Waals surface area contributed by atoms with Crippen LogP contribution in [0.2, 0.25) is 0 Å². The number of amidine groups is 1. The summed E-state index contributed by atoms with van der Waals surface area (Å²) >= 11 is 1.46. The second kappa shape index (κ2) is 10.8. The predicted octanol–water partition coefficient (Wildman–Crippen LogP) is 2.38. The van der Waals surface area contributed by atoms with Gasteiger partial charge in [0.05, 0.1) is 37.1 Å². The van der Waals surface area contributed by atoms with Gasteiger partial charge in [-0.2, -0.15) is 21.1 Å². The van der Waals surface area contributed by atoms with Crippen molar-refractivity contribution in [3.8, 4) is 0 Å². The number of anilines is 1. The lowest BCUT2D eigenvalue weighted by Crippen LogP contribution is -2.54. The van der Waals surface area contributed by atoms with Crippen molar-refractivity contribution in [2.45, 2.75) is 19.5 Å². The molecule has 1 amide bonds. The highest BCUT2D eigenvalue weighted by Gasteiger charge is 2.40. The molecule has 2 aromatic heterocycles. The van der Waals surface area contributed by atoms with Gasteiger partial charge in [0.2, 0.25) is 5.91 Å². The Balaban J connectivity index is 1.35. The van der Waals surface area contributed by atoms with E-state index in [0.717, 1.165) is 17.8 Å². The molecule has 2 atom stereocenters. The lowest BCUT2D eigenvalue weighted by molar-refractivity contribution is -0.140. The van der Waals surface area contributed by atoms with E-state index in [1.807, 2.05) is 33.9 Å². The van der Waals surface area contributed by atoms with E-state index in [4.69, 9.17) is 21.0 Å². The summed E-state index contributed by atoms with van der Waals surface area (Å²) in [7, 11) is 0. The lowest BCUT2D eigenvalue weighted by atomic mass is 9.88. The number of hydrogen-bond donors (Lipinski definition) is 3. The Labute approximate surface area is 219 Å². The first-order valence-corrected chi connectivity index (χ1v) is 13.3. The fraction of sp³-hybridized carbons (Fsp3) is 0.385. The molecule has 2 aliphatic rings. The number of thiophene rings is 1. The molecular formula is C26H31N7O3S. The first-order chi connectivity index (χ1) is 17.9. The molecule has 0 radical (unpaired) electrons. The van der Waals surface area contributed by atoms with Gasteiger partial charge in [0.15, 0.2) is 0 Å². The number of nitrogens with one attached hydrogen (secondary N) is 2. The van der Waals surface area contributed by atoms with Gasteiger partial charge in [-0.05, 0) is 22.9 Å². The van der Waals surface area contributed by atoms with Crippen LogP contribution in [-0.4, -0.2) is 76.6 Å². The number of benzene rings is 1. The molecule has 4 heterocycles. The van der Waals surface area contributed by atoms with Crippen molar-refractivity contribution in [3.05, 3.63) is 69.5 Å². The monoisotopic (exact) mass is 521 g/mol. The van der Waals surface area contributed by atoms with Gasteiger partial charge in [0, 0.05) is 43.2 Å². The zero-order valence-electron chi connectivity index (χ0n) is 20.7. The highest BCUT2D eigenvalue weighted by Crippen LogP contribution is 2.38. The van der Waals surface area contributed by atoms with Crippen LogP contribution in [-0.2, 0) is 16.1 Å². The second-order valence-electron chi connectivity index (χ2n) is 9.49. The molecule has 2 unspecified atom stereocenters. The number of nitrogen functional groups attached to an aromatic ring is 1. The molecule has 0 aliphatic carbocycles. The van der Waals surface area contributed by atoms with Crippen LogP contribution in [0.4, 0.5) is 5.82 Å². The SMILES string of the molecule is CC1CN(CC(=O)N2CCOCC2)C1c1cc(NCc2ccc(C(=N)N)cc2)n(C(=O)c2ccsc2)n1. The van der Waals surface area contributed by atoms with Gasteiger partial charge in [0.25, 0.3) is 5.91 Å². The van der Waals surface area contributed by atoms with Gasteiger partial charge in [-0.15, -0.1) is 0 Å². The maximum absolute atomic E-state index is 13.3. The lowest BCUT2D eigenvalue weighted by Gasteiger charge is -2.46. The largest absolute Gasteiger partial charge is 0.384 e. The van der Waals surface area contributed by atoms with Gasteiger partial charge >= 0.3 is 0 Å². The van der Waals surface area contributed by atoms with E-state index in [2.05, 4.69) is 17.1 Å². The average Bonchev–Trinajstić information content (AvgIpc) is 3.58. The third-order valence-corrected chi connectivity index (χ3v) is 7.57. The van der Waals surface area contributed by atoms with Crippen LogP contribution in [0.15, 0.2) is 47.2 Å². The Morgan fingerprint density at radius 1 is 1.19 bits per heavy atom. The summed E-state index contributed by atoms with van der Waals surface area (Å²) in [6, 6.07) is 11.1. The average molecular weight is 522 g/mol. The van der Waals surface area contributed by atoms with E-state index in [1.165, 1.54) is 16.0 Å². The van der Waals surface area contributed by atoms with Crippen molar-refractivity contribution in [3.63, 3.8) is 0 Å². The number of nitrogens with zero attached hydrogens (tertiary/aromatic N) is 4. The number of morpholine rings is 1. The Morgan fingerprint density at radius 2 is 1.95 bits per heavy atom. The number of amides is 1. The second-order valence-corrected chi connectivity index (χ2v) is 10.3. The molecule has 5 rings (SSSR count). The summed E-state index contributed by atoms with van der Waals surface area (Å²) in [5, 5.41) is 19.3. The summed E-state index contributed by atoms with van der Waals surface area (Å²) in [6.07, 6.45) is 0. The molecule has 194 valence electrons. The summed E-state index contributed by atoms with van der Waals surface area (Å²) in [5.41, 5.74) is 8.55. The summed E-state index contributed by atoms with van der Waals surface area (Å²) in [6.45, 7) is 6.14. The number of carbonyl (C=O) groups is 2. The van der Waals surface area contributed by atoms with Gasteiger partial charge in [-0.3, -0.25) is 19.9 Å². The number of aromatic nitrogens is 2. The van der Waals surface area contributed by atoms with Gasteiger partial charge in [-0.1, -0.05) is 31.2 Å². The number of likely N-dealkylation sites (tertiary alicyclic amines) is 1. The third kappa shape index (κ3) is 5.43. The zero-order valence-corrected chi connectivity index (χ0v) is 21.5. The quantitative estimate of drug-likeness (QED) is 0.307. The normalized spacial score (nSPS) is 19.9. The highest BCUT2D eigenvalue weighted by atomic mass is 32.1. The van der Waals surface area contributed by atoms with E-state index in [-0.39, 0.29) is 23.7 Å². The summed E-state index contributed by atoms with van der Waals surface area (Å²) < 4.78 is 6.79. The molecule has 2 fully saturated rings. The van der Waals surface area contributed by atoms with Gasteiger partial charge < -0.3 is 20.7 Å². The van der Waals surface area contributed by atoms with E-state index < -0.39 is 0 Å². The molecular weight excluding hydrogens is 490 g/mol. The number of hydrogen-bond acceptors (Lipinski definition) is 8. The molecule has 1 aromatic carbocycles. The molecule has 37 heavy (non-hydrogen) atoms. The Bertz CT molecular complexity index is 1270. The Kier molecular flexibility index (Phi) is 7.36. The Hall–Kier alpha value is -3.54.